The van der Waals surface area contributed by atoms with Gasteiger partial charge in [0.1, 0.15) is 23.2 Å². The maximum Gasteiger partial charge on any atom is 0.409 e. The number of hydrogen-bond acceptors (Lipinski definition) is 6. The van der Waals surface area contributed by atoms with Gasteiger partial charge >= 0.3 is 6.09 Å². The number of carbonyl (C=O) groups excluding carboxylic acids is 2. The Labute approximate surface area is 244 Å². The SMILES string of the molecule is CN=C(N)N(C(=O)c1cc(F)cc(F)c1)[C@H](COC(=O)N(C)C)c1ccc(Cl)c(-c2ncc(-c3ccccc3)s2)c1. The van der Waals surface area contributed by atoms with Crippen molar-refractivity contribution in [3.63, 3.8) is 0 Å². The highest BCUT2D eigenvalue weighted by molar-refractivity contribution is 7.18. The Morgan fingerprint density at radius 1 is 1.07 bits per heavy atom. The molecule has 12 heteroatoms. The molecule has 4 rings (SSSR count). The van der Waals surface area contributed by atoms with E-state index in [1.807, 2.05) is 30.3 Å². The summed E-state index contributed by atoms with van der Waals surface area (Å²) >= 11 is 8.01. The Kier molecular flexibility index (Phi) is 9.31. The minimum atomic E-state index is -1.05. The molecule has 1 aromatic heterocycles. The minimum absolute atomic E-state index is 0.261. The van der Waals surface area contributed by atoms with Gasteiger partial charge in [-0.25, -0.2) is 18.6 Å². The van der Waals surface area contributed by atoms with Gasteiger partial charge in [-0.1, -0.05) is 48.0 Å². The highest BCUT2D eigenvalue weighted by atomic mass is 35.5. The molecular weight excluding hydrogens is 572 g/mol. The number of amides is 2. The fourth-order valence-electron chi connectivity index (χ4n) is 3.98. The molecule has 2 N–H and O–H groups in total. The number of benzene rings is 3. The van der Waals surface area contributed by atoms with Crippen molar-refractivity contribution in [2.45, 2.75) is 6.04 Å². The minimum Gasteiger partial charge on any atom is -0.447 e. The average molecular weight is 598 g/mol. The van der Waals surface area contributed by atoms with Crippen molar-refractivity contribution in [2.24, 2.45) is 10.7 Å². The van der Waals surface area contributed by atoms with Crippen LogP contribution in [-0.4, -0.2) is 60.5 Å². The number of hydrogen-bond donors (Lipinski definition) is 1. The molecule has 0 saturated heterocycles. The van der Waals surface area contributed by atoms with Gasteiger partial charge in [-0.3, -0.25) is 14.7 Å². The zero-order valence-electron chi connectivity index (χ0n) is 22.3. The van der Waals surface area contributed by atoms with Crippen LogP contribution in [0.4, 0.5) is 13.6 Å². The molecule has 4 aromatic rings. The van der Waals surface area contributed by atoms with Crippen LogP contribution in [-0.2, 0) is 4.74 Å². The zero-order valence-corrected chi connectivity index (χ0v) is 23.9. The second-order valence-electron chi connectivity index (χ2n) is 9.04. The number of carbonyl (C=O) groups is 2. The summed E-state index contributed by atoms with van der Waals surface area (Å²) in [4.78, 5) is 37.7. The van der Waals surface area contributed by atoms with Crippen LogP contribution in [0.15, 0.2) is 77.9 Å². The number of nitrogens with zero attached hydrogens (tertiary/aromatic N) is 4. The van der Waals surface area contributed by atoms with Crippen molar-refractivity contribution in [2.75, 3.05) is 27.7 Å². The van der Waals surface area contributed by atoms with Crippen LogP contribution in [0.2, 0.25) is 5.02 Å². The van der Waals surface area contributed by atoms with Gasteiger partial charge in [0.15, 0.2) is 5.96 Å². The Morgan fingerprint density at radius 2 is 1.76 bits per heavy atom. The predicted octanol–water partition coefficient (Wildman–Crippen LogP) is 6.23. The lowest BCUT2D eigenvalue weighted by Crippen LogP contribution is -2.46. The molecule has 0 aliphatic heterocycles. The quantitative estimate of drug-likeness (QED) is 0.201. The molecule has 8 nitrogen and oxygen atoms in total. The van der Waals surface area contributed by atoms with Gasteiger partial charge in [0.2, 0.25) is 0 Å². The fraction of sp³-hybridized carbons (Fsp3) is 0.172. The lowest BCUT2D eigenvalue weighted by molar-refractivity contribution is 0.0659. The van der Waals surface area contributed by atoms with E-state index in [0.29, 0.717) is 27.2 Å². The van der Waals surface area contributed by atoms with Crippen molar-refractivity contribution in [1.29, 1.82) is 0 Å². The zero-order chi connectivity index (χ0) is 29.7. The first-order valence-electron chi connectivity index (χ1n) is 12.3. The Hall–Kier alpha value is -4.35. The molecule has 0 aliphatic carbocycles. The molecule has 0 bridgehead atoms. The summed E-state index contributed by atoms with van der Waals surface area (Å²) in [6.45, 7) is -0.356. The third kappa shape index (κ3) is 6.87. The van der Waals surface area contributed by atoms with Gasteiger partial charge in [0.05, 0.1) is 15.9 Å². The molecular formula is C29H26ClF2N5O3S. The van der Waals surface area contributed by atoms with E-state index >= 15 is 0 Å². The summed E-state index contributed by atoms with van der Waals surface area (Å²) < 4.78 is 33.5. The maximum absolute atomic E-state index is 14.0. The van der Waals surface area contributed by atoms with E-state index in [-0.39, 0.29) is 18.1 Å². The van der Waals surface area contributed by atoms with E-state index in [1.165, 1.54) is 37.4 Å². The molecule has 41 heavy (non-hydrogen) atoms. The largest absolute Gasteiger partial charge is 0.447 e. The Morgan fingerprint density at radius 3 is 2.39 bits per heavy atom. The number of rotatable bonds is 7. The highest BCUT2D eigenvalue weighted by Gasteiger charge is 2.32. The molecule has 2 amide bonds. The summed E-state index contributed by atoms with van der Waals surface area (Å²) in [7, 11) is 4.37. The molecule has 1 atom stereocenters. The van der Waals surface area contributed by atoms with Crippen molar-refractivity contribution in [3.8, 4) is 21.0 Å². The van der Waals surface area contributed by atoms with Crippen LogP contribution in [0.25, 0.3) is 21.0 Å². The first-order chi connectivity index (χ1) is 19.6. The molecule has 0 spiro atoms. The first kappa shape index (κ1) is 29.6. The van der Waals surface area contributed by atoms with Crippen LogP contribution >= 0.6 is 22.9 Å². The standard InChI is InChI=1S/C29H26ClF2N5O3S/c1-34-28(33)37(27(38)19-11-20(31)14-21(32)12-19)24(16-40-29(39)36(2)3)18-9-10-23(30)22(13-18)26-35-15-25(41-26)17-7-5-4-6-8-17/h4-15,24H,16H2,1-3H3,(H2,33,34)/t24-/m1/s1. The van der Waals surface area contributed by atoms with Gasteiger partial charge in [-0.05, 0) is 35.4 Å². The lowest BCUT2D eigenvalue weighted by atomic mass is 10.0. The van der Waals surface area contributed by atoms with Gasteiger partial charge in [0.25, 0.3) is 5.91 Å². The molecule has 1 heterocycles. The number of halogens is 3. The van der Waals surface area contributed by atoms with Crippen LogP contribution in [0, 0.1) is 11.6 Å². The van der Waals surface area contributed by atoms with Gasteiger partial charge in [-0.15, -0.1) is 11.3 Å². The maximum atomic E-state index is 14.0. The summed E-state index contributed by atoms with van der Waals surface area (Å²) in [5, 5.41) is 1.01. The smallest absolute Gasteiger partial charge is 0.409 e. The van der Waals surface area contributed by atoms with Gasteiger partial charge in [0, 0.05) is 44.5 Å². The lowest BCUT2D eigenvalue weighted by Gasteiger charge is -2.31. The van der Waals surface area contributed by atoms with Crippen LogP contribution in [0.1, 0.15) is 22.0 Å². The number of thiazole rings is 1. The van der Waals surface area contributed by atoms with E-state index in [4.69, 9.17) is 22.1 Å². The molecule has 212 valence electrons. The number of nitrogens with two attached hydrogens (primary N) is 1. The van der Waals surface area contributed by atoms with Crippen LogP contribution < -0.4 is 5.73 Å². The summed E-state index contributed by atoms with van der Waals surface area (Å²) in [6, 6.07) is 16.1. The van der Waals surface area contributed by atoms with Crippen molar-refractivity contribution >= 4 is 40.9 Å². The molecule has 0 saturated carbocycles. The van der Waals surface area contributed by atoms with Crippen molar-refractivity contribution in [3.05, 3.63) is 101 Å². The van der Waals surface area contributed by atoms with E-state index in [9.17, 15) is 18.4 Å². The Bertz CT molecular complexity index is 1580. The normalized spacial score (nSPS) is 12.1. The Balaban J connectivity index is 1.81. The second kappa shape index (κ2) is 12.9. The topological polar surface area (TPSA) is 101 Å². The van der Waals surface area contributed by atoms with E-state index in [0.717, 1.165) is 27.5 Å². The van der Waals surface area contributed by atoms with Crippen molar-refractivity contribution in [1.82, 2.24) is 14.8 Å². The molecule has 0 radical (unpaired) electrons. The predicted molar refractivity (Wildman–Crippen MR) is 156 cm³/mol. The number of ether oxygens (including phenoxy) is 1. The first-order valence-corrected chi connectivity index (χ1v) is 13.5. The molecule has 3 aromatic carbocycles. The summed E-state index contributed by atoms with van der Waals surface area (Å²) in [6.07, 6.45) is 1.07. The monoisotopic (exact) mass is 597 g/mol. The third-order valence-corrected chi connectivity index (χ3v) is 7.42. The average Bonchev–Trinajstić information content (AvgIpc) is 3.45. The van der Waals surface area contributed by atoms with Crippen LogP contribution in [0.5, 0.6) is 0 Å². The molecule has 0 fully saturated rings. The summed E-state index contributed by atoms with van der Waals surface area (Å²) in [5.74, 6) is -3.00. The van der Waals surface area contributed by atoms with E-state index < -0.39 is 29.7 Å². The van der Waals surface area contributed by atoms with E-state index in [2.05, 4.69) is 9.98 Å². The van der Waals surface area contributed by atoms with Gasteiger partial charge in [-0.2, -0.15) is 0 Å². The van der Waals surface area contributed by atoms with Gasteiger partial charge < -0.3 is 15.4 Å². The highest BCUT2D eigenvalue weighted by Crippen LogP contribution is 2.38. The van der Waals surface area contributed by atoms with Crippen molar-refractivity contribution < 1.29 is 23.1 Å². The fourth-order valence-corrected chi connectivity index (χ4v) is 5.19. The van der Waals surface area contributed by atoms with Crippen LogP contribution in [0.3, 0.4) is 0 Å². The molecule has 0 unspecified atom stereocenters. The summed E-state index contributed by atoms with van der Waals surface area (Å²) in [5.41, 5.74) is 7.87. The second-order valence-corrected chi connectivity index (χ2v) is 10.5. The number of aromatic nitrogens is 1. The number of aliphatic imine (C=N–C) groups is 1. The van der Waals surface area contributed by atoms with E-state index in [1.54, 1.807) is 24.4 Å². The molecule has 0 aliphatic rings. The third-order valence-electron chi connectivity index (χ3n) is 6.02. The number of guanidine groups is 1.